The van der Waals surface area contributed by atoms with E-state index in [1.807, 2.05) is 0 Å². The zero-order chi connectivity index (χ0) is 14.9. The summed E-state index contributed by atoms with van der Waals surface area (Å²) in [6.45, 7) is 1.25. The van der Waals surface area contributed by atoms with Gasteiger partial charge in [-0.2, -0.15) is 4.39 Å². The van der Waals surface area contributed by atoms with Crippen LogP contribution in [0.1, 0.15) is 5.56 Å². The highest BCUT2D eigenvalue weighted by Gasteiger charge is 2.24. The molecule has 0 unspecified atom stereocenters. The Bertz CT molecular complexity index is 761. The third-order valence-electron chi connectivity index (χ3n) is 2.31. The van der Waals surface area contributed by atoms with Gasteiger partial charge in [-0.25, -0.2) is 8.42 Å². The normalized spacial score (nSPS) is 11.3. The van der Waals surface area contributed by atoms with Gasteiger partial charge < -0.3 is 0 Å². The smallest absolute Gasteiger partial charge is 0.268 e. The Kier molecular flexibility index (Phi) is 3.63. The Morgan fingerprint density at radius 1 is 1.45 bits per heavy atom. The summed E-state index contributed by atoms with van der Waals surface area (Å²) < 4.78 is 43.2. The Morgan fingerprint density at radius 2 is 2.15 bits per heavy atom. The van der Waals surface area contributed by atoms with Gasteiger partial charge in [0.15, 0.2) is 0 Å². The molecule has 1 aromatic carbocycles. The van der Waals surface area contributed by atoms with Gasteiger partial charge in [0.1, 0.15) is 5.00 Å². The van der Waals surface area contributed by atoms with Crippen LogP contribution in [0.15, 0.2) is 23.2 Å². The second kappa shape index (κ2) is 5.09. The van der Waals surface area contributed by atoms with E-state index in [1.165, 1.54) is 13.1 Å². The molecule has 0 spiro atoms. The molecule has 0 aliphatic rings. The lowest BCUT2D eigenvalue weighted by Gasteiger charge is -2.07. The van der Waals surface area contributed by atoms with Crippen LogP contribution in [0.2, 0.25) is 0 Å². The molecule has 20 heavy (non-hydrogen) atoms. The number of anilines is 1. The van der Waals surface area contributed by atoms with Gasteiger partial charge in [-0.05, 0) is 18.6 Å². The van der Waals surface area contributed by atoms with E-state index < -0.39 is 31.3 Å². The van der Waals surface area contributed by atoms with Crippen molar-refractivity contribution >= 4 is 32.2 Å². The SMILES string of the molecule is Cc1cc(S(=O)(=O)Nc2cnns2)cc([N+](=O)[O-])c1F. The monoisotopic (exact) mass is 318 g/mol. The van der Waals surface area contributed by atoms with Crippen molar-refractivity contribution < 1.29 is 17.7 Å². The molecule has 106 valence electrons. The summed E-state index contributed by atoms with van der Waals surface area (Å²) >= 11 is 0.803. The first-order chi connectivity index (χ1) is 9.31. The van der Waals surface area contributed by atoms with Crippen LogP contribution < -0.4 is 4.72 Å². The minimum absolute atomic E-state index is 0.137. The number of nitrogens with zero attached hydrogens (tertiary/aromatic N) is 3. The maximum absolute atomic E-state index is 13.5. The van der Waals surface area contributed by atoms with E-state index in [0.29, 0.717) is 6.07 Å². The first-order valence-corrected chi connectivity index (χ1v) is 7.31. The van der Waals surface area contributed by atoms with Crippen LogP contribution >= 0.6 is 11.5 Å². The summed E-state index contributed by atoms with van der Waals surface area (Å²) in [4.78, 5) is 9.32. The van der Waals surface area contributed by atoms with E-state index in [9.17, 15) is 22.9 Å². The van der Waals surface area contributed by atoms with E-state index in [1.54, 1.807) is 0 Å². The summed E-state index contributed by atoms with van der Waals surface area (Å²) in [6.07, 6.45) is 1.19. The molecule has 0 saturated heterocycles. The summed E-state index contributed by atoms with van der Waals surface area (Å²) in [5.74, 6) is -1.06. The number of nitro groups is 1. The molecule has 0 aliphatic heterocycles. The first-order valence-electron chi connectivity index (χ1n) is 5.06. The predicted octanol–water partition coefficient (Wildman–Crippen LogP) is 1.69. The van der Waals surface area contributed by atoms with Gasteiger partial charge in [0, 0.05) is 17.6 Å². The van der Waals surface area contributed by atoms with E-state index in [4.69, 9.17) is 0 Å². The van der Waals surface area contributed by atoms with Crippen LogP contribution in [0, 0.1) is 22.9 Å². The van der Waals surface area contributed by atoms with Gasteiger partial charge in [-0.15, -0.1) is 5.10 Å². The molecule has 0 bridgehead atoms. The molecule has 0 amide bonds. The molecule has 2 aromatic rings. The lowest BCUT2D eigenvalue weighted by atomic mass is 10.2. The van der Waals surface area contributed by atoms with Crippen LogP contribution in [0.5, 0.6) is 0 Å². The van der Waals surface area contributed by atoms with Crippen molar-refractivity contribution in [3.8, 4) is 0 Å². The number of hydrogen-bond acceptors (Lipinski definition) is 7. The minimum Gasteiger partial charge on any atom is -0.268 e. The molecule has 1 heterocycles. The number of nitro benzene ring substituents is 1. The summed E-state index contributed by atoms with van der Waals surface area (Å²) in [6, 6.07) is 1.68. The zero-order valence-corrected chi connectivity index (χ0v) is 11.5. The fourth-order valence-electron chi connectivity index (χ4n) is 1.41. The molecule has 11 heteroatoms. The number of aryl methyl sites for hydroxylation is 1. The van der Waals surface area contributed by atoms with E-state index in [0.717, 1.165) is 17.6 Å². The third-order valence-corrected chi connectivity index (χ3v) is 4.37. The maximum Gasteiger partial charge on any atom is 0.306 e. The molecule has 2 rings (SSSR count). The highest BCUT2D eigenvalue weighted by Crippen LogP contribution is 2.26. The maximum atomic E-state index is 13.5. The van der Waals surface area contributed by atoms with Crippen LogP contribution in [-0.4, -0.2) is 22.9 Å². The molecule has 1 N–H and O–H groups in total. The number of aromatic nitrogens is 2. The molecular formula is C9H7FN4O4S2. The van der Waals surface area contributed by atoms with E-state index >= 15 is 0 Å². The molecule has 0 aliphatic carbocycles. The predicted molar refractivity (Wildman–Crippen MR) is 68.5 cm³/mol. The largest absolute Gasteiger partial charge is 0.306 e. The van der Waals surface area contributed by atoms with E-state index in [2.05, 4.69) is 14.3 Å². The van der Waals surface area contributed by atoms with Gasteiger partial charge in [0.2, 0.25) is 5.82 Å². The first kappa shape index (κ1) is 14.3. The number of rotatable bonds is 4. The minimum atomic E-state index is -4.07. The van der Waals surface area contributed by atoms with Crippen LogP contribution in [-0.2, 0) is 10.0 Å². The van der Waals surface area contributed by atoms with Crippen LogP contribution in [0.25, 0.3) is 0 Å². The Hall–Kier alpha value is -2.14. The molecule has 0 saturated carbocycles. The van der Waals surface area contributed by atoms with Gasteiger partial charge in [-0.3, -0.25) is 14.8 Å². The van der Waals surface area contributed by atoms with Gasteiger partial charge in [0.25, 0.3) is 10.0 Å². The van der Waals surface area contributed by atoms with Gasteiger partial charge >= 0.3 is 5.69 Å². The number of halogens is 1. The van der Waals surface area contributed by atoms with Crippen molar-refractivity contribution in [1.29, 1.82) is 0 Å². The standard InChI is InChI=1S/C9H7FN4O4S2/c1-5-2-6(3-7(9(5)10)14(15)16)20(17,18)12-8-4-11-13-19-8/h2-4,12H,1H3. The van der Waals surface area contributed by atoms with Crippen molar-refractivity contribution in [3.05, 3.63) is 39.8 Å². The van der Waals surface area contributed by atoms with Crippen LogP contribution in [0.4, 0.5) is 15.1 Å². The second-order valence-corrected chi connectivity index (χ2v) is 6.19. The average molecular weight is 318 g/mol. The molecular weight excluding hydrogens is 311 g/mol. The topological polar surface area (TPSA) is 115 Å². The fraction of sp³-hybridized carbons (Fsp3) is 0.111. The molecule has 0 atom stereocenters. The van der Waals surface area contributed by atoms with Crippen molar-refractivity contribution in [2.45, 2.75) is 11.8 Å². The molecule has 1 aromatic heterocycles. The lowest BCUT2D eigenvalue weighted by Crippen LogP contribution is -2.13. The zero-order valence-electron chi connectivity index (χ0n) is 9.90. The fourth-order valence-corrected chi connectivity index (χ4v) is 3.20. The summed E-state index contributed by atoms with van der Waals surface area (Å²) in [5, 5.41) is 14.3. The summed E-state index contributed by atoms with van der Waals surface area (Å²) in [7, 11) is -4.07. The number of benzene rings is 1. The molecule has 8 nitrogen and oxygen atoms in total. The van der Waals surface area contributed by atoms with Crippen molar-refractivity contribution in [2.24, 2.45) is 0 Å². The highest BCUT2D eigenvalue weighted by molar-refractivity contribution is 7.93. The number of nitrogens with one attached hydrogen (secondary N) is 1. The van der Waals surface area contributed by atoms with Crippen molar-refractivity contribution in [2.75, 3.05) is 4.72 Å². The van der Waals surface area contributed by atoms with Crippen molar-refractivity contribution in [3.63, 3.8) is 0 Å². The Morgan fingerprint density at radius 3 is 2.70 bits per heavy atom. The average Bonchev–Trinajstić information content (AvgIpc) is 2.83. The Labute approximate surface area is 116 Å². The number of sulfonamides is 1. The third kappa shape index (κ3) is 2.72. The van der Waals surface area contributed by atoms with Gasteiger partial charge in [-0.1, -0.05) is 4.49 Å². The Balaban J connectivity index is 2.49. The van der Waals surface area contributed by atoms with Crippen LogP contribution in [0.3, 0.4) is 0 Å². The van der Waals surface area contributed by atoms with E-state index in [-0.39, 0.29) is 10.6 Å². The molecule has 0 radical (unpaired) electrons. The molecule has 0 fully saturated rings. The quantitative estimate of drug-likeness (QED) is 0.677. The number of hydrogen-bond donors (Lipinski definition) is 1. The lowest BCUT2D eigenvalue weighted by molar-refractivity contribution is -0.387. The van der Waals surface area contributed by atoms with Crippen molar-refractivity contribution in [1.82, 2.24) is 9.59 Å². The highest BCUT2D eigenvalue weighted by atomic mass is 32.2. The summed E-state index contributed by atoms with van der Waals surface area (Å²) in [5.41, 5.74) is -1.03. The second-order valence-electron chi connectivity index (χ2n) is 3.72. The van der Waals surface area contributed by atoms with Gasteiger partial charge in [0.05, 0.1) is 16.0 Å².